The number of aromatic nitrogens is 2. The third-order valence-electron chi connectivity index (χ3n) is 5.58. The molecule has 27 heavy (non-hydrogen) atoms. The predicted molar refractivity (Wildman–Crippen MR) is 97.3 cm³/mol. The zero-order valence-corrected chi connectivity index (χ0v) is 15.3. The maximum Gasteiger partial charge on any atom is 0.257 e. The standard InChI is InChI=1S/C20H23FN4O2/c1-24-12-14(11-22-24)20(27)25-17-4-2-3-5-19(26)23-16(17)10-18(25)13-6-8-15(21)9-7-13/h6-9,11-12,16-18H,2-5,10H2,1H3,(H,23,26)/t16-,17+,18+/m1/s1. The van der Waals surface area contributed by atoms with Crippen LogP contribution in [0.5, 0.6) is 0 Å². The van der Waals surface area contributed by atoms with E-state index >= 15 is 0 Å². The van der Waals surface area contributed by atoms with Crippen molar-refractivity contribution in [2.45, 2.75) is 50.2 Å². The number of amides is 2. The second-order valence-corrected chi connectivity index (χ2v) is 7.41. The van der Waals surface area contributed by atoms with Crippen LogP contribution in [-0.2, 0) is 11.8 Å². The van der Waals surface area contributed by atoms with E-state index in [4.69, 9.17) is 0 Å². The van der Waals surface area contributed by atoms with Crippen LogP contribution < -0.4 is 5.32 Å². The summed E-state index contributed by atoms with van der Waals surface area (Å²) < 4.78 is 15.0. The van der Waals surface area contributed by atoms with Crippen LogP contribution >= 0.6 is 0 Å². The van der Waals surface area contributed by atoms with Crippen molar-refractivity contribution < 1.29 is 14.0 Å². The van der Waals surface area contributed by atoms with Crippen molar-refractivity contribution in [3.8, 4) is 0 Å². The second kappa shape index (κ2) is 7.13. The van der Waals surface area contributed by atoms with E-state index < -0.39 is 0 Å². The van der Waals surface area contributed by atoms with Crippen molar-refractivity contribution in [1.82, 2.24) is 20.0 Å². The fourth-order valence-corrected chi connectivity index (χ4v) is 4.30. The van der Waals surface area contributed by atoms with Crippen LogP contribution in [0.2, 0.25) is 0 Å². The molecule has 2 aliphatic heterocycles. The number of carbonyl (C=O) groups excluding carboxylic acids is 2. The Morgan fingerprint density at radius 1 is 1.26 bits per heavy atom. The summed E-state index contributed by atoms with van der Waals surface area (Å²) in [6, 6.07) is 5.92. The maximum atomic E-state index is 13.4. The minimum Gasteiger partial charge on any atom is -0.351 e. The molecule has 2 aliphatic rings. The summed E-state index contributed by atoms with van der Waals surface area (Å²) in [4.78, 5) is 27.3. The third kappa shape index (κ3) is 3.46. The van der Waals surface area contributed by atoms with Gasteiger partial charge in [-0.2, -0.15) is 5.10 Å². The summed E-state index contributed by atoms with van der Waals surface area (Å²) >= 11 is 0. The molecule has 3 atom stereocenters. The molecule has 0 bridgehead atoms. The number of likely N-dealkylation sites (tertiary alicyclic amines) is 1. The van der Waals surface area contributed by atoms with Gasteiger partial charge in [0.1, 0.15) is 5.82 Å². The van der Waals surface area contributed by atoms with Crippen molar-refractivity contribution in [3.63, 3.8) is 0 Å². The minimum absolute atomic E-state index is 0.0400. The lowest BCUT2D eigenvalue weighted by Crippen LogP contribution is -2.47. The number of hydrogen-bond acceptors (Lipinski definition) is 3. The highest BCUT2D eigenvalue weighted by Crippen LogP contribution is 2.40. The summed E-state index contributed by atoms with van der Waals surface area (Å²) in [6.45, 7) is 0. The number of aryl methyl sites for hydroxylation is 1. The van der Waals surface area contributed by atoms with Crippen LogP contribution in [0.15, 0.2) is 36.7 Å². The molecule has 0 spiro atoms. The molecular weight excluding hydrogens is 347 g/mol. The van der Waals surface area contributed by atoms with Gasteiger partial charge in [0, 0.05) is 19.7 Å². The average Bonchev–Trinajstić information content (AvgIpc) is 3.21. The number of benzene rings is 1. The first-order valence-electron chi connectivity index (χ1n) is 9.39. The second-order valence-electron chi connectivity index (χ2n) is 7.41. The molecule has 2 fully saturated rings. The van der Waals surface area contributed by atoms with Crippen LogP contribution in [0.4, 0.5) is 4.39 Å². The van der Waals surface area contributed by atoms with Crippen molar-refractivity contribution in [2.24, 2.45) is 7.05 Å². The van der Waals surface area contributed by atoms with Crippen LogP contribution in [0, 0.1) is 5.82 Å². The van der Waals surface area contributed by atoms with E-state index in [1.165, 1.54) is 12.1 Å². The number of rotatable bonds is 2. The van der Waals surface area contributed by atoms with Gasteiger partial charge in [0.15, 0.2) is 0 Å². The first-order chi connectivity index (χ1) is 13.0. The summed E-state index contributed by atoms with van der Waals surface area (Å²) in [6.07, 6.45) is 7.01. The quantitative estimate of drug-likeness (QED) is 0.884. The van der Waals surface area contributed by atoms with Crippen LogP contribution in [0.1, 0.15) is 54.1 Å². The lowest BCUT2D eigenvalue weighted by atomic mass is 9.97. The molecule has 2 saturated heterocycles. The van der Waals surface area contributed by atoms with Gasteiger partial charge in [-0.25, -0.2) is 4.39 Å². The lowest BCUT2D eigenvalue weighted by molar-refractivity contribution is -0.122. The molecule has 7 heteroatoms. The van der Waals surface area contributed by atoms with E-state index in [9.17, 15) is 14.0 Å². The molecular formula is C20H23FN4O2. The number of carbonyl (C=O) groups is 2. The summed E-state index contributed by atoms with van der Waals surface area (Å²) in [5.74, 6) is -0.362. The Bertz CT molecular complexity index is 848. The topological polar surface area (TPSA) is 67.2 Å². The van der Waals surface area contributed by atoms with Crippen molar-refractivity contribution >= 4 is 11.8 Å². The summed E-state index contributed by atoms with van der Waals surface area (Å²) in [5, 5.41) is 7.22. The van der Waals surface area contributed by atoms with Crippen molar-refractivity contribution in [2.75, 3.05) is 0 Å². The number of nitrogens with one attached hydrogen (secondary N) is 1. The zero-order chi connectivity index (χ0) is 19.0. The number of nitrogens with zero attached hydrogens (tertiary/aromatic N) is 3. The molecule has 0 aliphatic carbocycles. The third-order valence-corrected chi connectivity index (χ3v) is 5.58. The van der Waals surface area contributed by atoms with Crippen LogP contribution in [0.25, 0.3) is 0 Å². The molecule has 1 aromatic heterocycles. The molecule has 1 aromatic carbocycles. The number of fused-ring (bicyclic) bond motifs is 1. The Morgan fingerprint density at radius 3 is 2.74 bits per heavy atom. The largest absolute Gasteiger partial charge is 0.351 e. The van der Waals surface area contributed by atoms with E-state index in [0.29, 0.717) is 18.4 Å². The fraction of sp³-hybridized carbons (Fsp3) is 0.450. The highest BCUT2D eigenvalue weighted by molar-refractivity contribution is 5.94. The Morgan fingerprint density at radius 2 is 2.04 bits per heavy atom. The lowest BCUT2D eigenvalue weighted by Gasteiger charge is -2.33. The zero-order valence-electron chi connectivity index (χ0n) is 15.3. The normalized spacial score (nSPS) is 25.5. The first-order valence-corrected chi connectivity index (χ1v) is 9.39. The van der Waals surface area contributed by atoms with E-state index in [2.05, 4.69) is 10.4 Å². The average molecular weight is 370 g/mol. The first kappa shape index (κ1) is 17.7. The van der Waals surface area contributed by atoms with Gasteiger partial charge in [-0.1, -0.05) is 18.6 Å². The summed E-state index contributed by atoms with van der Waals surface area (Å²) in [5.41, 5.74) is 1.41. The van der Waals surface area contributed by atoms with Gasteiger partial charge in [0.2, 0.25) is 5.91 Å². The maximum absolute atomic E-state index is 13.4. The Hall–Kier alpha value is -2.70. The van der Waals surface area contributed by atoms with Gasteiger partial charge in [0.25, 0.3) is 5.91 Å². The van der Waals surface area contributed by atoms with Crippen molar-refractivity contribution in [1.29, 1.82) is 0 Å². The molecule has 0 unspecified atom stereocenters. The minimum atomic E-state index is -0.304. The molecule has 2 aromatic rings. The Kier molecular flexibility index (Phi) is 4.68. The molecule has 142 valence electrons. The fourth-order valence-electron chi connectivity index (χ4n) is 4.30. The van der Waals surface area contributed by atoms with Gasteiger partial charge in [0.05, 0.1) is 29.9 Å². The Balaban J connectivity index is 1.71. The Labute approximate surface area is 157 Å². The van der Waals surface area contributed by atoms with Gasteiger partial charge in [-0.3, -0.25) is 14.3 Å². The van der Waals surface area contributed by atoms with E-state index in [1.54, 1.807) is 36.3 Å². The molecule has 2 amide bonds. The predicted octanol–water partition coefficient (Wildman–Crippen LogP) is 2.57. The molecule has 3 heterocycles. The highest BCUT2D eigenvalue weighted by Gasteiger charge is 2.45. The molecule has 0 saturated carbocycles. The van der Waals surface area contributed by atoms with Gasteiger partial charge >= 0.3 is 0 Å². The SMILES string of the molecule is Cn1cc(C(=O)N2[C@H](c3ccc(F)cc3)C[C@H]3NC(=O)CCCC[C@@H]32)cn1. The molecule has 4 rings (SSSR count). The highest BCUT2D eigenvalue weighted by atomic mass is 19.1. The van der Waals surface area contributed by atoms with Gasteiger partial charge in [-0.15, -0.1) is 0 Å². The molecule has 0 radical (unpaired) electrons. The monoisotopic (exact) mass is 370 g/mol. The van der Waals surface area contributed by atoms with Crippen LogP contribution in [0.3, 0.4) is 0 Å². The smallest absolute Gasteiger partial charge is 0.257 e. The number of halogens is 1. The van der Waals surface area contributed by atoms with Crippen LogP contribution in [-0.4, -0.2) is 38.6 Å². The van der Waals surface area contributed by atoms with E-state index in [-0.39, 0.29) is 35.8 Å². The molecule has 6 nitrogen and oxygen atoms in total. The summed E-state index contributed by atoms with van der Waals surface area (Å²) in [7, 11) is 1.77. The van der Waals surface area contributed by atoms with E-state index in [0.717, 1.165) is 24.8 Å². The molecule has 1 N–H and O–H groups in total. The van der Waals surface area contributed by atoms with Gasteiger partial charge < -0.3 is 10.2 Å². The van der Waals surface area contributed by atoms with Crippen molar-refractivity contribution in [3.05, 3.63) is 53.6 Å². The van der Waals surface area contributed by atoms with E-state index in [1.807, 2.05) is 4.90 Å². The van der Waals surface area contributed by atoms with Gasteiger partial charge in [-0.05, 0) is 37.0 Å². The number of hydrogen-bond donors (Lipinski definition) is 1.